The average molecular weight is 394 g/mol. The number of methoxy groups -OCH3 is 1. The summed E-state index contributed by atoms with van der Waals surface area (Å²) in [5, 5.41) is 10.7. The van der Waals surface area contributed by atoms with Gasteiger partial charge in [0.05, 0.1) is 23.2 Å². The predicted molar refractivity (Wildman–Crippen MR) is 103 cm³/mol. The third-order valence-corrected chi connectivity index (χ3v) is 5.59. The summed E-state index contributed by atoms with van der Waals surface area (Å²) in [5.41, 5.74) is 1.93. The Morgan fingerprint density at radius 1 is 1.12 bits per heavy atom. The maximum Gasteiger partial charge on any atom is 0.320 e. The molecule has 2 aromatic carbocycles. The van der Waals surface area contributed by atoms with Gasteiger partial charge in [-0.2, -0.15) is 0 Å². The summed E-state index contributed by atoms with van der Waals surface area (Å²) in [4.78, 5) is 13.9. The van der Waals surface area contributed by atoms with Crippen LogP contribution in [-0.4, -0.2) is 35.7 Å². The summed E-state index contributed by atoms with van der Waals surface area (Å²) < 4.78 is 5.25. The number of benzene rings is 2. The molecule has 1 saturated heterocycles. The van der Waals surface area contributed by atoms with Crippen molar-refractivity contribution in [2.75, 3.05) is 13.7 Å². The Kier molecular flexibility index (Phi) is 6.07. The molecule has 2 atom stereocenters. The molecule has 4 nitrogen and oxygen atoms in total. The standard InChI is InChI=1S/C20H21Cl2NO3/c1-26-15-8-5-13(6-9-15)19(14-7-10-16(21)17(22)12-14)23-11-3-2-4-18(23)20(24)25/h5-10,12,18-19H,2-4,11H2,1H3,(H,24,25). The second-order valence-electron chi connectivity index (χ2n) is 6.44. The first-order valence-corrected chi connectivity index (χ1v) is 9.34. The van der Waals surface area contributed by atoms with Crippen molar-refractivity contribution in [1.82, 2.24) is 4.90 Å². The lowest BCUT2D eigenvalue weighted by molar-refractivity contribution is -0.145. The minimum atomic E-state index is -0.789. The van der Waals surface area contributed by atoms with E-state index in [4.69, 9.17) is 27.9 Å². The van der Waals surface area contributed by atoms with Crippen LogP contribution in [0.15, 0.2) is 42.5 Å². The van der Waals surface area contributed by atoms with Crippen molar-refractivity contribution < 1.29 is 14.6 Å². The number of nitrogens with zero attached hydrogens (tertiary/aromatic N) is 1. The van der Waals surface area contributed by atoms with E-state index in [0.29, 0.717) is 23.0 Å². The molecule has 2 unspecified atom stereocenters. The van der Waals surface area contributed by atoms with Crippen LogP contribution in [0.5, 0.6) is 5.75 Å². The molecule has 3 rings (SSSR count). The number of aliphatic carboxylic acids is 1. The van der Waals surface area contributed by atoms with Gasteiger partial charge in [-0.1, -0.05) is 47.8 Å². The van der Waals surface area contributed by atoms with Gasteiger partial charge in [-0.25, -0.2) is 0 Å². The summed E-state index contributed by atoms with van der Waals surface area (Å²) in [5.74, 6) is -0.0293. The van der Waals surface area contributed by atoms with E-state index in [1.54, 1.807) is 13.2 Å². The molecule has 1 N–H and O–H groups in total. The number of hydrogen-bond acceptors (Lipinski definition) is 3. The van der Waals surface area contributed by atoms with Gasteiger partial charge >= 0.3 is 5.97 Å². The van der Waals surface area contributed by atoms with Gasteiger partial charge in [0, 0.05) is 0 Å². The molecule has 0 radical (unpaired) electrons. The number of rotatable bonds is 5. The Hall–Kier alpha value is -1.75. The minimum Gasteiger partial charge on any atom is -0.497 e. The van der Waals surface area contributed by atoms with Crippen molar-refractivity contribution in [3.05, 3.63) is 63.6 Å². The first-order valence-electron chi connectivity index (χ1n) is 8.58. The maximum absolute atomic E-state index is 11.8. The normalized spacial score (nSPS) is 19.1. The SMILES string of the molecule is COc1ccc(C(c2ccc(Cl)c(Cl)c2)N2CCCCC2C(=O)O)cc1. The lowest BCUT2D eigenvalue weighted by Crippen LogP contribution is -2.46. The highest BCUT2D eigenvalue weighted by Crippen LogP contribution is 2.37. The maximum atomic E-state index is 11.8. The van der Waals surface area contributed by atoms with Gasteiger partial charge in [-0.3, -0.25) is 9.69 Å². The van der Waals surface area contributed by atoms with E-state index in [9.17, 15) is 9.90 Å². The number of carboxylic acids is 1. The van der Waals surface area contributed by atoms with Crippen molar-refractivity contribution in [1.29, 1.82) is 0 Å². The van der Waals surface area contributed by atoms with E-state index >= 15 is 0 Å². The van der Waals surface area contributed by atoms with E-state index in [1.807, 2.05) is 41.3 Å². The zero-order valence-corrected chi connectivity index (χ0v) is 16.0. The summed E-state index contributed by atoms with van der Waals surface area (Å²) in [6.07, 6.45) is 2.53. The van der Waals surface area contributed by atoms with Crippen LogP contribution in [0, 0.1) is 0 Å². The predicted octanol–water partition coefficient (Wildman–Crippen LogP) is 5.03. The van der Waals surface area contributed by atoms with E-state index in [0.717, 1.165) is 29.7 Å². The summed E-state index contributed by atoms with van der Waals surface area (Å²) in [6, 6.07) is 12.5. The molecule has 138 valence electrons. The minimum absolute atomic E-state index is 0.211. The molecule has 6 heteroatoms. The van der Waals surface area contributed by atoms with Gasteiger partial charge in [-0.05, 0) is 54.8 Å². The fourth-order valence-electron chi connectivity index (χ4n) is 3.57. The van der Waals surface area contributed by atoms with Crippen molar-refractivity contribution in [2.24, 2.45) is 0 Å². The van der Waals surface area contributed by atoms with Crippen LogP contribution in [0.4, 0.5) is 0 Å². The molecule has 1 heterocycles. The molecule has 1 aliphatic heterocycles. The molecule has 0 aromatic heterocycles. The van der Waals surface area contributed by atoms with Gasteiger partial charge < -0.3 is 9.84 Å². The Balaban J connectivity index is 2.07. The van der Waals surface area contributed by atoms with Crippen molar-refractivity contribution in [3.8, 4) is 5.75 Å². The zero-order valence-electron chi connectivity index (χ0n) is 14.5. The van der Waals surface area contributed by atoms with Crippen LogP contribution in [0.1, 0.15) is 36.4 Å². The highest BCUT2D eigenvalue weighted by molar-refractivity contribution is 6.42. The summed E-state index contributed by atoms with van der Waals surface area (Å²) in [7, 11) is 1.62. The molecular formula is C20H21Cl2NO3. The summed E-state index contributed by atoms with van der Waals surface area (Å²) >= 11 is 12.3. The Morgan fingerprint density at radius 3 is 2.42 bits per heavy atom. The van der Waals surface area contributed by atoms with E-state index < -0.39 is 12.0 Å². The quantitative estimate of drug-likeness (QED) is 0.773. The van der Waals surface area contributed by atoms with E-state index in [2.05, 4.69) is 0 Å². The van der Waals surface area contributed by atoms with Crippen LogP contribution in [0.3, 0.4) is 0 Å². The van der Waals surface area contributed by atoms with E-state index in [1.165, 1.54) is 0 Å². The van der Waals surface area contributed by atoms with Crippen LogP contribution in [-0.2, 0) is 4.79 Å². The van der Waals surface area contributed by atoms with Crippen LogP contribution in [0.2, 0.25) is 10.0 Å². The van der Waals surface area contributed by atoms with Crippen LogP contribution < -0.4 is 4.74 Å². The summed E-state index contributed by atoms with van der Waals surface area (Å²) in [6.45, 7) is 0.716. The number of halogens is 2. The largest absolute Gasteiger partial charge is 0.497 e. The number of likely N-dealkylation sites (tertiary alicyclic amines) is 1. The van der Waals surface area contributed by atoms with Gasteiger partial charge in [-0.15, -0.1) is 0 Å². The Bertz CT molecular complexity index is 779. The molecule has 0 spiro atoms. The smallest absolute Gasteiger partial charge is 0.320 e. The zero-order chi connectivity index (χ0) is 18.7. The van der Waals surface area contributed by atoms with Gasteiger partial charge in [0.1, 0.15) is 11.8 Å². The molecule has 1 fully saturated rings. The number of ether oxygens (including phenoxy) is 1. The second-order valence-corrected chi connectivity index (χ2v) is 7.25. The first-order chi connectivity index (χ1) is 12.5. The fourth-order valence-corrected chi connectivity index (χ4v) is 3.88. The van der Waals surface area contributed by atoms with Gasteiger partial charge in [0.25, 0.3) is 0 Å². The number of hydrogen-bond donors (Lipinski definition) is 1. The van der Waals surface area contributed by atoms with Crippen molar-refractivity contribution >= 4 is 29.2 Å². The Morgan fingerprint density at radius 2 is 1.81 bits per heavy atom. The second kappa shape index (κ2) is 8.30. The van der Waals surface area contributed by atoms with E-state index in [-0.39, 0.29) is 6.04 Å². The lowest BCUT2D eigenvalue weighted by atomic mass is 9.91. The average Bonchev–Trinajstić information content (AvgIpc) is 2.65. The third kappa shape index (κ3) is 3.98. The highest BCUT2D eigenvalue weighted by atomic mass is 35.5. The Labute approximate surface area is 163 Å². The molecule has 2 aromatic rings. The lowest BCUT2D eigenvalue weighted by Gasteiger charge is -2.39. The number of carbonyl (C=O) groups is 1. The van der Waals surface area contributed by atoms with Crippen LogP contribution >= 0.6 is 23.2 Å². The molecular weight excluding hydrogens is 373 g/mol. The number of piperidine rings is 1. The molecule has 1 aliphatic rings. The third-order valence-electron chi connectivity index (χ3n) is 4.85. The molecule has 0 saturated carbocycles. The molecule has 0 aliphatic carbocycles. The monoisotopic (exact) mass is 393 g/mol. The van der Waals surface area contributed by atoms with Gasteiger partial charge in [0.15, 0.2) is 0 Å². The first kappa shape index (κ1) is 19.0. The van der Waals surface area contributed by atoms with Gasteiger partial charge in [0.2, 0.25) is 0 Å². The van der Waals surface area contributed by atoms with Crippen molar-refractivity contribution in [2.45, 2.75) is 31.3 Å². The molecule has 0 amide bonds. The highest BCUT2D eigenvalue weighted by Gasteiger charge is 2.35. The number of carboxylic acid groups (broad SMARTS) is 1. The molecule has 26 heavy (non-hydrogen) atoms. The van der Waals surface area contributed by atoms with Crippen molar-refractivity contribution in [3.63, 3.8) is 0 Å². The fraction of sp³-hybridized carbons (Fsp3) is 0.350. The topological polar surface area (TPSA) is 49.8 Å². The molecule has 0 bridgehead atoms. The van der Waals surface area contributed by atoms with Crippen LogP contribution in [0.25, 0.3) is 0 Å².